The van der Waals surface area contributed by atoms with Crippen molar-refractivity contribution in [2.75, 3.05) is 5.75 Å². The molecule has 0 spiro atoms. The smallest absolute Gasteiger partial charge is 0.323 e. The number of fused-ring (bicyclic) bond motifs is 2. The molecule has 164 valence electrons. The molecule has 0 radical (unpaired) electrons. The number of nitrogens with zero attached hydrogens (tertiary/aromatic N) is 4. The first-order chi connectivity index (χ1) is 14.4. The number of benzene rings is 1. The van der Waals surface area contributed by atoms with E-state index in [0.29, 0.717) is 0 Å². The molecule has 0 aliphatic carbocycles. The predicted octanol–water partition coefficient (Wildman–Crippen LogP) is 5.05. The van der Waals surface area contributed by atoms with Crippen molar-refractivity contribution >= 4 is 27.5 Å². The molecule has 1 atom stereocenters. The Morgan fingerprint density at radius 2 is 1.74 bits per heavy atom. The highest BCUT2D eigenvalue weighted by Crippen LogP contribution is 2.36. The van der Waals surface area contributed by atoms with Crippen molar-refractivity contribution < 1.29 is 30.6 Å². The third-order valence-electron chi connectivity index (χ3n) is 4.81. The molecule has 3 aromatic heterocycles. The van der Waals surface area contributed by atoms with E-state index in [1.165, 1.54) is 36.0 Å². The third kappa shape index (κ3) is 3.68. The number of hydrogen-bond acceptors (Lipinski definition) is 3. The number of aryl methyl sites for hydroxylation is 1. The van der Waals surface area contributed by atoms with Crippen LogP contribution in [-0.2, 0) is 30.2 Å². The van der Waals surface area contributed by atoms with Gasteiger partial charge in [-0.2, -0.15) is 26.3 Å². The maximum atomic E-state index is 13.3. The lowest BCUT2D eigenvalue weighted by Gasteiger charge is -2.08. The average Bonchev–Trinajstić information content (AvgIpc) is 3.26. The summed E-state index contributed by atoms with van der Waals surface area (Å²) in [6, 6.07) is 4.44. The summed E-state index contributed by atoms with van der Waals surface area (Å²) in [5.41, 5.74) is -0.320. The van der Waals surface area contributed by atoms with Gasteiger partial charge in [-0.05, 0) is 24.3 Å². The molecule has 0 aliphatic heterocycles. The molecule has 31 heavy (non-hydrogen) atoms. The molecule has 0 fully saturated rings. The second kappa shape index (κ2) is 7.08. The fourth-order valence-corrected chi connectivity index (χ4v) is 4.27. The van der Waals surface area contributed by atoms with Crippen molar-refractivity contribution in [3.05, 3.63) is 48.0 Å². The molecule has 0 bridgehead atoms. The molecule has 1 aromatic carbocycles. The Kier molecular flexibility index (Phi) is 4.87. The van der Waals surface area contributed by atoms with Gasteiger partial charge in [0.1, 0.15) is 5.65 Å². The zero-order valence-corrected chi connectivity index (χ0v) is 16.9. The van der Waals surface area contributed by atoms with Crippen molar-refractivity contribution in [1.82, 2.24) is 18.9 Å². The van der Waals surface area contributed by atoms with Gasteiger partial charge in [0, 0.05) is 30.8 Å². The molecule has 3 heterocycles. The van der Waals surface area contributed by atoms with Crippen molar-refractivity contribution in [2.45, 2.75) is 24.2 Å². The van der Waals surface area contributed by atoms with Crippen LogP contribution in [0.25, 0.3) is 27.9 Å². The first kappa shape index (κ1) is 21.3. The summed E-state index contributed by atoms with van der Waals surface area (Å²) in [4.78, 5) is 8.07. The van der Waals surface area contributed by atoms with Crippen molar-refractivity contribution in [2.24, 2.45) is 7.05 Å². The standard InChI is InChI=1S/C19H14F6N4OS/c1-3-31(30)15-8-14-12(27-17(28(14)2)19(23,24)25)7-11(15)13-9-29-5-4-10(18(20,21)22)6-16(29)26-13/h4-9H,3H2,1-2H3. The third-order valence-corrected chi connectivity index (χ3v) is 6.16. The van der Waals surface area contributed by atoms with Crippen LogP contribution in [-0.4, -0.2) is 28.9 Å². The van der Waals surface area contributed by atoms with Gasteiger partial charge in [0.25, 0.3) is 0 Å². The Balaban J connectivity index is 1.96. The SMILES string of the molecule is CCS(=O)c1cc2c(cc1-c1cn3ccc(C(F)(F)F)cc3n1)nc(C(F)(F)F)n2C. The lowest BCUT2D eigenvalue weighted by Crippen LogP contribution is -2.12. The van der Waals surface area contributed by atoms with E-state index in [1.54, 1.807) is 6.92 Å². The van der Waals surface area contributed by atoms with Gasteiger partial charge in [-0.1, -0.05) is 6.92 Å². The molecule has 0 saturated carbocycles. The van der Waals surface area contributed by atoms with E-state index in [9.17, 15) is 30.6 Å². The molecule has 5 nitrogen and oxygen atoms in total. The summed E-state index contributed by atoms with van der Waals surface area (Å²) in [7, 11) is -0.362. The second-order valence-corrected chi connectivity index (χ2v) is 8.48. The van der Waals surface area contributed by atoms with E-state index in [0.717, 1.165) is 16.7 Å². The normalized spacial score (nSPS) is 13.9. The number of imidazole rings is 2. The van der Waals surface area contributed by atoms with Gasteiger partial charge in [-0.15, -0.1) is 0 Å². The highest BCUT2D eigenvalue weighted by Gasteiger charge is 2.37. The first-order valence-corrected chi connectivity index (χ1v) is 10.2. The Morgan fingerprint density at radius 3 is 2.35 bits per heavy atom. The highest BCUT2D eigenvalue weighted by atomic mass is 32.2. The van der Waals surface area contributed by atoms with E-state index in [2.05, 4.69) is 9.97 Å². The minimum Gasteiger partial charge on any atom is -0.323 e. The van der Waals surface area contributed by atoms with Crippen molar-refractivity contribution in [3.8, 4) is 11.3 Å². The molecular weight excluding hydrogens is 446 g/mol. The van der Waals surface area contributed by atoms with E-state index in [4.69, 9.17) is 0 Å². The van der Waals surface area contributed by atoms with Crippen LogP contribution >= 0.6 is 0 Å². The van der Waals surface area contributed by atoms with Gasteiger partial charge in [0.05, 0.1) is 38.0 Å². The molecule has 0 N–H and O–H groups in total. The van der Waals surface area contributed by atoms with Gasteiger partial charge < -0.3 is 8.97 Å². The summed E-state index contributed by atoms with van der Waals surface area (Å²) in [5, 5.41) is 0. The monoisotopic (exact) mass is 460 g/mol. The van der Waals surface area contributed by atoms with Crippen LogP contribution < -0.4 is 0 Å². The number of aromatic nitrogens is 4. The molecule has 4 rings (SSSR count). The Labute approximate surface area is 173 Å². The van der Waals surface area contributed by atoms with Crippen LogP contribution in [0.1, 0.15) is 18.3 Å². The maximum absolute atomic E-state index is 13.3. The number of alkyl halides is 6. The van der Waals surface area contributed by atoms with Gasteiger partial charge in [0.2, 0.25) is 5.82 Å². The summed E-state index contributed by atoms with van der Waals surface area (Å²) in [5.74, 6) is -0.925. The summed E-state index contributed by atoms with van der Waals surface area (Å²) in [6.45, 7) is 1.65. The van der Waals surface area contributed by atoms with Gasteiger partial charge in [0.15, 0.2) is 0 Å². The fraction of sp³-hybridized carbons (Fsp3) is 0.263. The summed E-state index contributed by atoms with van der Waals surface area (Å²) < 4.78 is 93.6. The largest absolute Gasteiger partial charge is 0.449 e. The Morgan fingerprint density at radius 1 is 1.03 bits per heavy atom. The van der Waals surface area contributed by atoms with Crippen LogP contribution in [0.3, 0.4) is 0 Å². The van der Waals surface area contributed by atoms with E-state index >= 15 is 0 Å². The molecule has 0 amide bonds. The van der Waals surface area contributed by atoms with Crippen LogP contribution in [0.5, 0.6) is 0 Å². The number of hydrogen-bond donors (Lipinski definition) is 0. The predicted molar refractivity (Wildman–Crippen MR) is 102 cm³/mol. The Hall–Kier alpha value is -2.89. The molecule has 0 saturated heterocycles. The summed E-state index contributed by atoms with van der Waals surface area (Å²) >= 11 is 0. The summed E-state index contributed by atoms with van der Waals surface area (Å²) in [6.07, 6.45) is -6.62. The fourth-order valence-electron chi connectivity index (χ4n) is 3.30. The number of pyridine rings is 1. The van der Waals surface area contributed by atoms with Crippen LogP contribution in [0, 0.1) is 0 Å². The van der Waals surface area contributed by atoms with Gasteiger partial charge in [-0.25, -0.2) is 9.97 Å². The zero-order valence-electron chi connectivity index (χ0n) is 16.0. The molecule has 1 unspecified atom stereocenters. The number of rotatable bonds is 3. The zero-order chi connectivity index (χ0) is 22.7. The molecule has 4 aromatic rings. The van der Waals surface area contributed by atoms with Gasteiger partial charge >= 0.3 is 12.4 Å². The van der Waals surface area contributed by atoms with Crippen LogP contribution in [0.4, 0.5) is 26.3 Å². The quantitative estimate of drug-likeness (QED) is 0.402. The minimum absolute atomic E-state index is 0.00449. The lowest BCUT2D eigenvalue weighted by molar-refractivity contribution is -0.146. The average molecular weight is 460 g/mol. The van der Waals surface area contributed by atoms with Crippen LogP contribution in [0.2, 0.25) is 0 Å². The van der Waals surface area contributed by atoms with Crippen LogP contribution in [0.15, 0.2) is 41.6 Å². The molecule has 12 heteroatoms. The van der Waals surface area contributed by atoms with Crippen molar-refractivity contribution in [3.63, 3.8) is 0 Å². The minimum atomic E-state index is -4.69. The highest BCUT2D eigenvalue weighted by molar-refractivity contribution is 7.85. The van der Waals surface area contributed by atoms with Gasteiger partial charge in [-0.3, -0.25) is 4.21 Å². The van der Waals surface area contributed by atoms with E-state index in [1.807, 2.05) is 0 Å². The molecular formula is C19H14F6N4OS. The maximum Gasteiger partial charge on any atom is 0.449 e. The van der Waals surface area contributed by atoms with E-state index < -0.39 is 34.5 Å². The lowest BCUT2D eigenvalue weighted by atomic mass is 10.1. The second-order valence-electron chi connectivity index (χ2n) is 6.77. The van der Waals surface area contributed by atoms with Crippen molar-refractivity contribution in [1.29, 1.82) is 0 Å². The first-order valence-electron chi connectivity index (χ1n) is 8.92. The number of halogens is 6. The Bertz CT molecular complexity index is 1340. The van der Waals surface area contributed by atoms with E-state index in [-0.39, 0.29) is 38.6 Å². The molecule has 0 aliphatic rings. The topological polar surface area (TPSA) is 52.2 Å².